The van der Waals surface area contributed by atoms with Crippen LogP contribution < -0.4 is 15.6 Å². The van der Waals surface area contributed by atoms with E-state index in [1.54, 1.807) is 18.3 Å². The highest BCUT2D eigenvalue weighted by atomic mass is 32.1. The molecule has 0 aliphatic heterocycles. The fourth-order valence-electron chi connectivity index (χ4n) is 2.50. The third kappa shape index (κ3) is 3.34. The van der Waals surface area contributed by atoms with E-state index in [-0.39, 0.29) is 17.4 Å². The zero-order valence-electron chi connectivity index (χ0n) is 12.7. The fraction of sp³-hybridized carbons (Fsp3) is 0.312. The predicted octanol–water partition coefficient (Wildman–Crippen LogP) is 2.11. The van der Waals surface area contributed by atoms with Gasteiger partial charge in [-0.1, -0.05) is 0 Å². The second-order valence-corrected chi connectivity index (χ2v) is 6.25. The van der Waals surface area contributed by atoms with Gasteiger partial charge in [-0.25, -0.2) is 4.98 Å². The van der Waals surface area contributed by atoms with Crippen LogP contribution in [0.1, 0.15) is 43.8 Å². The van der Waals surface area contributed by atoms with Gasteiger partial charge in [0.05, 0.1) is 11.5 Å². The minimum absolute atomic E-state index is 0.247. The summed E-state index contributed by atoms with van der Waals surface area (Å²) in [5.74, 6) is -0.518. The Morgan fingerprint density at radius 3 is 2.91 bits per heavy atom. The summed E-state index contributed by atoms with van der Waals surface area (Å²) in [5, 5.41) is 0. The molecule has 0 bridgehead atoms. The molecule has 2 N–H and O–H groups in total. The highest BCUT2D eigenvalue weighted by Crippen LogP contribution is 2.30. The molecule has 6 nitrogen and oxygen atoms in total. The molecule has 120 valence electrons. The normalized spacial score (nSPS) is 12.6. The maximum absolute atomic E-state index is 12.2. The summed E-state index contributed by atoms with van der Waals surface area (Å²) in [6.07, 6.45) is 4.76. The Labute approximate surface area is 137 Å². The molecule has 0 aromatic carbocycles. The van der Waals surface area contributed by atoms with Crippen molar-refractivity contribution in [2.75, 3.05) is 6.61 Å². The highest BCUT2D eigenvalue weighted by molar-refractivity contribution is 7.14. The molecule has 7 heteroatoms. The van der Waals surface area contributed by atoms with E-state index in [0.717, 1.165) is 19.3 Å². The molecule has 1 aliphatic rings. The Balaban J connectivity index is 1.63. The van der Waals surface area contributed by atoms with Gasteiger partial charge in [0.25, 0.3) is 11.8 Å². The van der Waals surface area contributed by atoms with Crippen molar-refractivity contribution in [3.63, 3.8) is 0 Å². The predicted molar refractivity (Wildman–Crippen MR) is 86.7 cm³/mol. The van der Waals surface area contributed by atoms with Crippen molar-refractivity contribution in [3.8, 4) is 5.88 Å². The number of amides is 2. The van der Waals surface area contributed by atoms with Crippen molar-refractivity contribution in [1.82, 2.24) is 15.8 Å². The number of carbonyl (C=O) groups is 2. The van der Waals surface area contributed by atoms with Gasteiger partial charge in [0.2, 0.25) is 5.88 Å². The summed E-state index contributed by atoms with van der Waals surface area (Å²) in [6, 6.07) is 5.15. The van der Waals surface area contributed by atoms with Crippen LogP contribution in [0.15, 0.2) is 24.4 Å². The molecule has 23 heavy (non-hydrogen) atoms. The zero-order chi connectivity index (χ0) is 16.2. The van der Waals surface area contributed by atoms with E-state index >= 15 is 0 Å². The van der Waals surface area contributed by atoms with E-state index in [4.69, 9.17) is 4.74 Å². The van der Waals surface area contributed by atoms with E-state index in [1.807, 2.05) is 13.0 Å². The van der Waals surface area contributed by atoms with Gasteiger partial charge >= 0.3 is 0 Å². The Kier molecular flexibility index (Phi) is 4.57. The zero-order valence-corrected chi connectivity index (χ0v) is 13.5. The second kappa shape index (κ2) is 6.78. The van der Waals surface area contributed by atoms with Crippen LogP contribution in [0, 0.1) is 0 Å². The molecule has 1 aliphatic carbocycles. The Hall–Kier alpha value is -2.41. The molecular formula is C16H17N3O3S. The number of hydrogen-bond acceptors (Lipinski definition) is 5. The smallest absolute Gasteiger partial charge is 0.279 e. The van der Waals surface area contributed by atoms with Crippen molar-refractivity contribution in [2.45, 2.75) is 26.2 Å². The Morgan fingerprint density at radius 1 is 1.30 bits per heavy atom. The number of ether oxygens (including phenoxy) is 1. The molecule has 2 amide bonds. The molecule has 0 atom stereocenters. The number of nitrogens with one attached hydrogen (secondary N) is 2. The topological polar surface area (TPSA) is 80.3 Å². The van der Waals surface area contributed by atoms with Crippen molar-refractivity contribution in [3.05, 3.63) is 45.3 Å². The molecule has 2 heterocycles. The van der Waals surface area contributed by atoms with Crippen LogP contribution in [0.2, 0.25) is 0 Å². The third-order valence-corrected chi connectivity index (χ3v) is 4.79. The summed E-state index contributed by atoms with van der Waals surface area (Å²) < 4.78 is 5.31. The average Bonchev–Trinajstić information content (AvgIpc) is 3.15. The lowest BCUT2D eigenvalue weighted by atomic mass is 10.2. The largest absolute Gasteiger partial charge is 0.477 e. The van der Waals surface area contributed by atoms with Gasteiger partial charge in [-0.05, 0) is 49.9 Å². The maximum Gasteiger partial charge on any atom is 0.279 e. The Morgan fingerprint density at radius 2 is 2.13 bits per heavy atom. The number of aromatic nitrogens is 1. The number of aryl methyl sites for hydroxylation is 2. The lowest BCUT2D eigenvalue weighted by Crippen LogP contribution is -2.41. The van der Waals surface area contributed by atoms with Gasteiger partial charge in [0.15, 0.2) is 0 Å². The SMILES string of the molecule is CCOc1ncccc1C(=O)NNC(=O)c1cc2c(s1)CCC2. The molecule has 0 radical (unpaired) electrons. The lowest BCUT2D eigenvalue weighted by Gasteiger charge is -2.09. The summed E-state index contributed by atoms with van der Waals surface area (Å²) >= 11 is 1.49. The number of carbonyl (C=O) groups excluding carboxylic acids is 2. The molecule has 2 aromatic rings. The third-order valence-electron chi connectivity index (χ3n) is 3.56. The first-order valence-electron chi connectivity index (χ1n) is 7.49. The first-order chi connectivity index (χ1) is 11.2. The fourth-order valence-corrected chi connectivity index (χ4v) is 3.65. The average molecular weight is 331 g/mol. The van der Waals surface area contributed by atoms with Crippen LogP contribution in [-0.2, 0) is 12.8 Å². The van der Waals surface area contributed by atoms with Crippen LogP contribution in [0.4, 0.5) is 0 Å². The van der Waals surface area contributed by atoms with Crippen LogP contribution in [0.3, 0.4) is 0 Å². The highest BCUT2D eigenvalue weighted by Gasteiger charge is 2.19. The van der Waals surface area contributed by atoms with E-state index in [2.05, 4.69) is 15.8 Å². The lowest BCUT2D eigenvalue weighted by molar-refractivity contribution is 0.0846. The monoisotopic (exact) mass is 331 g/mol. The molecule has 0 fully saturated rings. The molecule has 2 aromatic heterocycles. The molecule has 0 unspecified atom stereocenters. The molecule has 3 rings (SSSR count). The number of fused-ring (bicyclic) bond motifs is 1. The number of pyridine rings is 1. The summed E-state index contributed by atoms with van der Waals surface area (Å²) in [5.41, 5.74) is 6.38. The van der Waals surface area contributed by atoms with Gasteiger partial charge in [-0.3, -0.25) is 20.4 Å². The summed E-state index contributed by atoms with van der Waals surface area (Å²) in [6.45, 7) is 2.22. The molecule has 0 saturated heterocycles. The number of hydrazine groups is 1. The van der Waals surface area contributed by atoms with E-state index in [1.165, 1.54) is 21.8 Å². The number of thiophene rings is 1. The van der Waals surface area contributed by atoms with Crippen molar-refractivity contribution >= 4 is 23.2 Å². The Bertz CT molecular complexity index is 720. The van der Waals surface area contributed by atoms with Crippen LogP contribution in [0.25, 0.3) is 0 Å². The van der Waals surface area contributed by atoms with Gasteiger partial charge in [-0.15, -0.1) is 11.3 Å². The quantitative estimate of drug-likeness (QED) is 0.841. The summed E-state index contributed by atoms with van der Waals surface area (Å²) in [7, 11) is 0. The van der Waals surface area contributed by atoms with Gasteiger partial charge in [-0.2, -0.15) is 0 Å². The van der Waals surface area contributed by atoms with E-state index in [9.17, 15) is 9.59 Å². The van der Waals surface area contributed by atoms with Gasteiger partial charge < -0.3 is 4.74 Å². The van der Waals surface area contributed by atoms with Gasteiger partial charge in [0, 0.05) is 11.1 Å². The van der Waals surface area contributed by atoms with Crippen LogP contribution in [0.5, 0.6) is 5.88 Å². The van der Waals surface area contributed by atoms with Crippen LogP contribution >= 0.6 is 11.3 Å². The van der Waals surface area contributed by atoms with Crippen molar-refractivity contribution in [2.24, 2.45) is 0 Å². The first kappa shape index (κ1) is 15.5. The molecular weight excluding hydrogens is 314 g/mol. The second-order valence-electron chi connectivity index (χ2n) is 5.11. The van der Waals surface area contributed by atoms with Crippen molar-refractivity contribution in [1.29, 1.82) is 0 Å². The minimum Gasteiger partial charge on any atom is -0.477 e. The first-order valence-corrected chi connectivity index (χ1v) is 8.30. The van der Waals surface area contributed by atoms with E-state index in [0.29, 0.717) is 11.5 Å². The molecule has 0 spiro atoms. The minimum atomic E-state index is -0.459. The van der Waals surface area contributed by atoms with E-state index < -0.39 is 5.91 Å². The van der Waals surface area contributed by atoms with Crippen molar-refractivity contribution < 1.29 is 14.3 Å². The molecule has 0 saturated carbocycles. The van der Waals surface area contributed by atoms with Crippen LogP contribution in [-0.4, -0.2) is 23.4 Å². The number of nitrogens with zero attached hydrogens (tertiary/aromatic N) is 1. The number of rotatable bonds is 4. The summed E-state index contributed by atoms with van der Waals surface area (Å²) in [4.78, 5) is 30.2. The van der Waals surface area contributed by atoms with Gasteiger partial charge in [0.1, 0.15) is 5.56 Å². The number of hydrogen-bond donors (Lipinski definition) is 2. The maximum atomic E-state index is 12.2. The standard InChI is InChI=1S/C16H17N3O3S/c1-2-22-16-11(6-4-8-17-16)14(20)18-19-15(21)13-9-10-5-3-7-12(10)23-13/h4,6,8-9H,2-3,5,7H2,1H3,(H,18,20)(H,19,21).